The quantitative estimate of drug-likeness (QED) is 0.443. The third-order valence-electron chi connectivity index (χ3n) is 4.67. The second kappa shape index (κ2) is 14.0. The molecule has 1 aliphatic rings. The number of hydrogen-bond acceptors (Lipinski definition) is 3. The van der Waals surface area contributed by atoms with Gasteiger partial charge in [0.2, 0.25) is 0 Å². The fourth-order valence-corrected chi connectivity index (χ4v) is 3.24. The predicted octanol–water partition coefficient (Wildman–Crippen LogP) is 4.75. The van der Waals surface area contributed by atoms with Crippen LogP contribution in [0.2, 0.25) is 0 Å². The van der Waals surface area contributed by atoms with Gasteiger partial charge in [-0.25, -0.2) is 0 Å². The van der Waals surface area contributed by atoms with Crippen LogP contribution in [0.5, 0.6) is 0 Å². The Hall–Kier alpha value is -0.570. The summed E-state index contributed by atoms with van der Waals surface area (Å²) in [6.45, 7) is 6.30. The molecule has 22 heavy (non-hydrogen) atoms. The molecule has 3 nitrogen and oxygen atoms in total. The molecule has 0 aliphatic carbocycles. The third-order valence-corrected chi connectivity index (χ3v) is 4.67. The van der Waals surface area contributed by atoms with Gasteiger partial charge in [-0.05, 0) is 19.4 Å². The highest BCUT2D eigenvalue weighted by Gasteiger charge is 2.15. The first kappa shape index (κ1) is 19.5. The molecule has 2 N–H and O–H groups in total. The number of unbranched alkanes of at least 4 members (excludes halogenated alkanes) is 10. The molecule has 0 aromatic heterocycles. The Morgan fingerprint density at radius 1 is 0.864 bits per heavy atom. The van der Waals surface area contributed by atoms with E-state index in [1.54, 1.807) is 0 Å². The van der Waals surface area contributed by atoms with Crippen molar-refractivity contribution < 1.29 is 0 Å². The molecule has 3 heteroatoms. The number of hydrogen-bond donors (Lipinski definition) is 1. The van der Waals surface area contributed by atoms with Crippen LogP contribution in [0.25, 0.3) is 0 Å². The van der Waals surface area contributed by atoms with Gasteiger partial charge in [0.15, 0.2) is 0 Å². The van der Waals surface area contributed by atoms with Crippen LogP contribution in [-0.2, 0) is 0 Å². The largest absolute Gasteiger partial charge is 0.358 e. The number of nitrogens with two attached hydrogens (primary N) is 1. The van der Waals surface area contributed by atoms with E-state index in [4.69, 9.17) is 5.73 Å². The number of aliphatic imine (C=N–C) groups is 1. The maximum atomic E-state index is 5.60. The fourth-order valence-electron chi connectivity index (χ4n) is 3.24. The van der Waals surface area contributed by atoms with Crippen LogP contribution < -0.4 is 5.73 Å². The normalized spacial score (nSPS) is 14.6. The summed E-state index contributed by atoms with van der Waals surface area (Å²) >= 11 is 0. The van der Waals surface area contributed by atoms with Gasteiger partial charge in [-0.3, -0.25) is 4.99 Å². The number of rotatable bonds is 15. The highest BCUT2D eigenvalue weighted by molar-refractivity contribution is 5.83. The Kier molecular flexibility index (Phi) is 12.4. The van der Waals surface area contributed by atoms with Crippen LogP contribution in [0.1, 0.15) is 90.4 Å². The molecule has 1 rings (SSSR count). The van der Waals surface area contributed by atoms with Crippen molar-refractivity contribution in [3.8, 4) is 0 Å². The summed E-state index contributed by atoms with van der Waals surface area (Å²) in [6, 6.07) is 0. The smallest absolute Gasteiger partial charge is 0.0990 e. The first-order valence-electron chi connectivity index (χ1n) is 9.86. The van der Waals surface area contributed by atoms with Crippen molar-refractivity contribution in [2.75, 3.05) is 26.2 Å². The van der Waals surface area contributed by atoms with Gasteiger partial charge < -0.3 is 10.6 Å². The Balaban J connectivity index is 1.87. The zero-order chi connectivity index (χ0) is 15.9. The van der Waals surface area contributed by atoms with Gasteiger partial charge in [0, 0.05) is 19.5 Å². The van der Waals surface area contributed by atoms with E-state index in [0.717, 1.165) is 32.6 Å². The van der Waals surface area contributed by atoms with Crippen molar-refractivity contribution in [1.82, 2.24) is 4.90 Å². The monoisotopic (exact) mass is 309 g/mol. The van der Waals surface area contributed by atoms with E-state index in [9.17, 15) is 0 Å². The molecular formula is C19H39N3. The SMILES string of the molecule is CCCCCCCCCCCCCC1=NCCN1CCCN. The highest BCUT2D eigenvalue weighted by Crippen LogP contribution is 2.14. The molecule has 0 radical (unpaired) electrons. The maximum absolute atomic E-state index is 5.60. The van der Waals surface area contributed by atoms with Gasteiger partial charge >= 0.3 is 0 Å². The lowest BCUT2D eigenvalue weighted by Crippen LogP contribution is -2.29. The lowest BCUT2D eigenvalue weighted by Gasteiger charge is -2.19. The van der Waals surface area contributed by atoms with Crippen molar-refractivity contribution in [2.24, 2.45) is 10.7 Å². The Labute approximate surface area is 138 Å². The van der Waals surface area contributed by atoms with E-state index in [-0.39, 0.29) is 0 Å². The van der Waals surface area contributed by atoms with Crippen molar-refractivity contribution in [2.45, 2.75) is 90.4 Å². The molecule has 0 unspecified atom stereocenters. The van der Waals surface area contributed by atoms with E-state index < -0.39 is 0 Å². The molecule has 130 valence electrons. The lowest BCUT2D eigenvalue weighted by molar-refractivity contribution is 0.438. The van der Waals surface area contributed by atoms with Crippen LogP contribution >= 0.6 is 0 Å². The summed E-state index contributed by atoms with van der Waals surface area (Å²) < 4.78 is 0. The first-order valence-corrected chi connectivity index (χ1v) is 9.86. The third kappa shape index (κ3) is 9.45. The van der Waals surface area contributed by atoms with Gasteiger partial charge in [-0.15, -0.1) is 0 Å². The average Bonchev–Trinajstić information content (AvgIpc) is 2.98. The van der Waals surface area contributed by atoms with Crippen LogP contribution in [0.15, 0.2) is 4.99 Å². The molecule has 0 saturated carbocycles. The number of amidine groups is 1. The van der Waals surface area contributed by atoms with Crippen molar-refractivity contribution in [3.05, 3.63) is 0 Å². The van der Waals surface area contributed by atoms with Crippen molar-refractivity contribution in [3.63, 3.8) is 0 Å². The standard InChI is InChI=1S/C19H39N3/c1-2-3-4-5-6-7-8-9-10-11-12-14-19-21-16-18-22(19)17-13-15-20/h2-18,20H2,1H3. The zero-order valence-corrected chi connectivity index (χ0v) is 15.0. The van der Waals surface area contributed by atoms with Gasteiger partial charge in [-0.1, -0.05) is 71.1 Å². The highest BCUT2D eigenvalue weighted by atomic mass is 15.2. The van der Waals surface area contributed by atoms with Crippen LogP contribution in [-0.4, -0.2) is 36.9 Å². The fraction of sp³-hybridized carbons (Fsp3) is 0.947. The molecule has 0 fully saturated rings. The second-order valence-electron chi connectivity index (χ2n) is 6.71. The molecule has 0 saturated heterocycles. The minimum atomic E-state index is 0.794. The molecule has 0 aromatic rings. The molecule has 0 aromatic carbocycles. The molecule has 0 bridgehead atoms. The van der Waals surface area contributed by atoms with E-state index in [2.05, 4.69) is 16.8 Å². The van der Waals surface area contributed by atoms with Gasteiger partial charge in [-0.2, -0.15) is 0 Å². The topological polar surface area (TPSA) is 41.6 Å². The number of nitrogens with zero attached hydrogens (tertiary/aromatic N) is 2. The molecule has 0 amide bonds. The minimum absolute atomic E-state index is 0.794. The van der Waals surface area contributed by atoms with Crippen LogP contribution in [0, 0.1) is 0 Å². The molecule has 1 heterocycles. The molecule has 0 spiro atoms. The van der Waals surface area contributed by atoms with Crippen molar-refractivity contribution in [1.29, 1.82) is 0 Å². The van der Waals surface area contributed by atoms with E-state index in [1.807, 2.05) is 0 Å². The van der Waals surface area contributed by atoms with Crippen LogP contribution in [0.3, 0.4) is 0 Å². The maximum Gasteiger partial charge on any atom is 0.0990 e. The molecule has 1 aliphatic heterocycles. The van der Waals surface area contributed by atoms with E-state index in [1.165, 1.54) is 82.9 Å². The minimum Gasteiger partial charge on any atom is -0.358 e. The molecule has 0 atom stereocenters. The lowest BCUT2D eigenvalue weighted by atomic mass is 10.1. The Morgan fingerprint density at radius 3 is 2.05 bits per heavy atom. The Morgan fingerprint density at radius 2 is 1.45 bits per heavy atom. The molecular weight excluding hydrogens is 270 g/mol. The summed E-state index contributed by atoms with van der Waals surface area (Å²) in [5.74, 6) is 1.35. The second-order valence-corrected chi connectivity index (χ2v) is 6.71. The summed E-state index contributed by atoms with van der Waals surface area (Å²) in [4.78, 5) is 7.10. The summed E-state index contributed by atoms with van der Waals surface area (Å²) in [5.41, 5.74) is 5.60. The average molecular weight is 310 g/mol. The van der Waals surface area contributed by atoms with E-state index in [0.29, 0.717) is 0 Å². The zero-order valence-electron chi connectivity index (χ0n) is 15.0. The van der Waals surface area contributed by atoms with Gasteiger partial charge in [0.05, 0.1) is 12.4 Å². The van der Waals surface area contributed by atoms with Crippen molar-refractivity contribution >= 4 is 5.84 Å². The summed E-state index contributed by atoms with van der Waals surface area (Å²) in [5, 5.41) is 0. The summed E-state index contributed by atoms with van der Waals surface area (Å²) in [7, 11) is 0. The van der Waals surface area contributed by atoms with Gasteiger partial charge in [0.25, 0.3) is 0 Å². The predicted molar refractivity (Wildman–Crippen MR) is 98.6 cm³/mol. The van der Waals surface area contributed by atoms with Crippen LogP contribution in [0.4, 0.5) is 0 Å². The summed E-state index contributed by atoms with van der Waals surface area (Å²) in [6.07, 6.45) is 17.8. The first-order chi connectivity index (χ1) is 10.9. The van der Waals surface area contributed by atoms with E-state index >= 15 is 0 Å². The Bertz CT molecular complexity index is 276. The van der Waals surface area contributed by atoms with Gasteiger partial charge in [0.1, 0.15) is 0 Å².